The van der Waals surface area contributed by atoms with Gasteiger partial charge < -0.3 is 19.5 Å². The van der Waals surface area contributed by atoms with Gasteiger partial charge >= 0.3 is 0 Å². The van der Waals surface area contributed by atoms with Crippen LogP contribution < -0.4 is 19.5 Å². The Labute approximate surface area is 146 Å². The number of carbonyl (C=O) groups is 1. The van der Waals surface area contributed by atoms with Crippen LogP contribution in [0.15, 0.2) is 42.5 Å². The Hall–Kier alpha value is -2.69. The summed E-state index contributed by atoms with van der Waals surface area (Å²) in [5.74, 6) is 2.31. The summed E-state index contributed by atoms with van der Waals surface area (Å²) >= 11 is 0. The molecule has 0 radical (unpaired) electrons. The van der Waals surface area contributed by atoms with Crippen LogP contribution >= 0.6 is 0 Å². The summed E-state index contributed by atoms with van der Waals surface area (Å²) in [6.07, 6.45) is 1.70. The number of ether oxygens (including phenoxy) is 3. The molecule has 1 aliphatic heterocycles. The highest BCUT2D eigenvalue weighted by molar-refractivity contribution is 5.91. The first-order chi connectivity index (χ1) is 12.2. The van der Waals surface area contributed by atoms with Gasteiger partial charge in [0, 0.05) is 12.1 Å². The fourth-order valence-corrected chi connectivity index (χ4v) is 3.31. The van der Waals surface area contributed by atoms with E-state index >= 15 is 0 Å². The van der Waals surface area contributed by atoms with Crippen LogP contribution in [0.5, 0.6) is 17.2 Å². The SMILES string of the molecule is COc1ccccc1CNC(=O)C1(c2ccc3c(c2)OCCO3)CC1. The van der Waals surface area contributed by atoms with Crippen molar-refractivity contribution in [1.29, 1.82) is 0 Å². The zero-order chi connectivity index (χ0) is 17.3. The Bertz CT molecular complexity index is 798. The summed E-state index contributed by atoms with van der Waals surface area (Å²) in [7, 11) is 1.64. The maximum Gasteiger partial charge on any atom is 0.230 e. The second-order valence-electron chi connectivity index (χ2n) is 6.44. The van der Waals surface area contributed by atoms with Gasteiger partial charge in [-0.25, -0.2) is 0 Å². The maximum absolute atomic E-state index is 12.8. The van der Waals surface area contributed by atoms with Crippen LogP contribution in [0.4, 0.5) is 0 Å². The van der Waals surface area contributed by atoms with Crippen molar-refractivity contribution in [3.63, 3.8) is 0 Å². The van der Waals surface area contributed by atoms with E-state index in [1.54, 1.807) is 7.11 Å². The zero-order valence-corrected chi connectivity index (χ0v) is 14.2. The van der Waals surface area contributed by atoms with Crippen molar-refractivity contribution in [1.82, 2.24) is 5.32 Å². The lowest BCUT2D eigenvalue weighted by molar-refractivity contribution is -0.123. The first-order valence-electron chi connectivity index (χ1n) is 8.53. The topological polar surface area (TPSA) is 56.8 Å². The lowest BCUT2D eigenvalue weighted by atomic mass is 9.94. The zero-order valence-electron chi connectivity index (χ0n) is 14.2. The summed E-state index contributed by atoms with van der Waals surface area (Å²) in [6, 6.07) is 13.5. The number of methoxy groups -OCH3 is 1. The standard InChI is InChI=1S/C20H21NO4/c1-23-16-5-3-2-4-14(16)13-21-19(22)20(8-9-20)15-6-7-17-18(12-15)25-11-10-24-17/h2-7,12H,8-11,13H2,1H3,(H,21,22). The van der Waals surface area contributed by atoms with E-state index in [2.05, 4.69) is 5.32 Å². The highest BCUT2D eigenvalue weighted by Gasteiger charge is 2.51. The minimum absolute atomic E-state index is 0.0510. The molecule has 1 N–H and O–H groups in total. The molecule has 2 aromatic rings. The monoisotopic (exact) mass is 339 g/mol. The molecule has 5 nitrogen and oxygen atoms in total. The van der Waals surface area contributed by atoms with E-state index in [9.17, 15) is 4.79 Å². The van der Waals surface area contributed by atoms with Gasteiger partial charge in [0.1, 0.15) is 19.0 Å². The molecule has 25 heavy (non-hydrogen) atoms. The highest BCUT2D eigenvalue weighted by Crippen LogP contribution is 2.50. The summed E-state index contributed by atoms with van der Waals surface area (Å²) in [5.41, 5.74) is 1.52. The van der Waals surface area contributed by atoms with Crippen LogP contribution in [0.3, 0.4) is 0 Å². The van der Waals surface area contributed by atoms with E-state index in [4.69, 9.17) is 14.2 Å². The van der Waals surface area contributed by atoms with E-state index in [1.165, 1.54) is 0 Å². The largest absolute Gasteiger partial charge is 0.496 e. The summed E-state index contributed by atoms with van der Waals surface area (Å²) in [6.45, 7) is 1.56. The molecule has 0 aromatic heterocycles. The van der Waals surface area contributed by atoms with E-state index in [0.29, 0.717) is 19.8 Å². The molecule has 2 aliphatic rings. The number of rotatable bonds is 5. The van der Waals surface area contributed by atoms with Gasteiger partial charge in [0.25, 0.3) is 0 Å². The Kier molecular flexibility index (Phi) is 3.99. The van der Waals surface area contributed by atoms with Gasteiger partial charge in [-0.2, -0.15) is 0 Å². The average Bonchev–Trinajstić information content (AvgIpc) is 3.48. The normalized spacial score (nSPS) is 16.8. The average molecular weight is 339 g/mol. The third kappa shape index (κ3) is 2.90. The second-order valence-corrected chi connectivity index (χ2v) is 6.44. The van der Waals surface area contributed by atoms with Crippen molar-refractivity contribution >= 4 is 5.91 Å². The van der Waals surface area contributed by atoms with Crippen molar-refractivity contribution in [2.24, 2.45) is 0 Å². The van der Waals surface area contributed by atoms with Gasteiger partial charge in [0.2, 0.25) is 5.91 Å². The molecule has 1 amide bonds. The molecule has 0 spiro atoms. The van der Waals surface area contributed by atoms with E-state index in [0.717, 1.165) is 41.2 Å². The van der Waals surface area contributed by atoms with Crippen molar-refractivity contribution in [3.8, 4) is 17.2 Å². The van der Waals surface area contributed by atoms with Crippen molar-refractivity contribution < 1.29 is 19.0 Å². The lowest BCUT2D eigenvalue weighted by Gasteiger charge is -2.22. The van der Waals surface area contributed by atoms with Gasteiger partial charge in [0.05, 0.1) is 12.5 Å². The van der Waals surface area contributed by atoms with Crippen LogP contribution in [0.25, 0.3) is 0 Å². The van der Waals surface area contributed by atoms with Gasteiger partial charge in [0.15, 0.2) is 11.5 Å². The van der Waals surface area contributed by atoms with Gasteiger partial charge in [-0.15, -0.1) is 0 Å². The van der Waals surface area contributed by atoms with Gasteiger partial charge in [-0.3, -0.25) is 4.79 Å². The molecular formula is C20H21NO4. The van der Waals surface area contributed by atoms with E-state index in [-0.39, 0.29) is 5.91 Å². The number of hydrogen-bond acceptors (Lipinski definition) is 4. The molecule has 5 heteroatoms. The number of para-hydroxylation sites is 1. The minimum Gasteiger partial charge on any atom is -0.496 e. The molecule has 2 aromatic carbocycles. The fourth-order valence-electron chi connectivity index (χ4n) is 3.31. The maximum atomic E-state index is 12.8. The molecule has 130 valence electrons. The first-order valence-corrected chi connectivity index (χ1v) is 8.53. The molecule has 1 heterocycles. The number of hydrogen-bond donors (Lipinski definition) is 1. The molecular weight excluding hydrogens is 318 g/mol. The predicted octanol–water partition coefficient (Wildman–Crippen LogP) is 2.81. The summed E-state index contributed by atoms with van der Waals surface area (Å²) in [5, 5.41) is 3.06. The smallest absolute Gasteiger partial charge is 0.230 e. The van der Waals surface area contributed by atoms with Crippen LogP contribution in [-0.2, 0) is 16.8 Å². The number of nitrogens with one attached hydrogen (secondary N) is 1. The quantitative estimate of drug-likeness (QED) is 0.910. The van der Waals surface area contributed by atoms with Crippen LogP contribution in [0.1, 0.15) is 24.0 Å². The Morgan fingerprint density at radius 1 is 1.12 bits per heavy atom. The molecule has 0 atom stereocenters. The molecule has 0 saturated heterocycles. The Morgan fingerprint density at radius 3 is 2.64 bits per heavy atom. The Balaban J connectivity index is 1.50. The summed E-state index contributed by atoms with van der Waals surface area (Å²) in [4.78, 5) is 12.8. The predicted molar refractivity (Wildman–Crippen MR) is 93.2 cm³/mol. The van der Waals surface area contributed by atoms with Crippen LogP contribution in [0, 0.1) is 0 Å². The molecule has 0 bridgehead atoms. The first kappa shape index (κ1) is 15.8. The van der Waals surface area contributed by atoms with Crippen molar-refractivity contribution in [2.75, 3.05) is 20.3 Å². The molecule has 1 fully saturated rings. The second kappa shape index (κ2) is 6.31. The molecule has 1 saturated carbocycles. The fraction of sp³-hybridized carbons (Fsp3) is 0.350. The molecule has 4 rings (SSSR count). The summed E-state index contributed by atoms with van der Waals surface area (Å²) < 4.78 is 16.6. The third-order valence-electron chi connectivity index (χ3n) is 4.91. The van der Waals surface area contributed by atoms with Crippen LogP contribution in [-0.4, -0.2) is 26.2 Å². The van der Waals surface area contributed by atoms with Crippen LogP contribution in [0.2, 0.25) is 0 Å². The van der Waals surface area contributed by atoms with E-state index < -0.39 is 5.41 Å². The number of fused-ring (bicyclic) bond motifs is 1. The van der Waals surface area contributed by atoms with Gasteiger partial charge in [-0.05, 0) is 36.6 Å². The minimum atomic E-state index is -0.447. The van der Waals surface area contributed by atoms with Crippen molar-refractivity contribution in [3.05, 3.63) is 53.6 Å². The van der Waals surface area contributed by atoms with E-state index in [1.807, 2.05) is 42.5 Å². The number of benzene rings is 2. The number of amides is 1. The molecule has 0 unspecified atom stereocenters. The van der Waals surface area contributed by atoms with Crippen molar-refractivity contribution in [2.45, 2.75) is 24.8 Å². The van der Waals surface area contributed by atoms with Gasteiger partial charge in [-0.1, -0.05) is 24.3 Å². The lowest BCUT2D eigenvalue weighted by Crippen LogP contribution is -2.34. The highest BCUT2D eigenvalue weighted by atomic mass is 16.6. The third-order valence-corrected chi connectivity index (χ3v) is 4.91. The number of carbonyl (C=O) groups excluding carboxylic acids is 1. The molecule has 1 aliphatic carbocycles. The Morgan fingerprint density at radius 2 is 1.88 bits per heavy atom.